The van der Waals surface area contributed by atoms with Crippen LogP contribution in [0.25, 0.3) is 0 Å². The first-order valence-electron chi connectivity index (χ1n) is 5.86. The van der Waals surface area contributed by atoms with Crippen LogP contribution in [-0.4, -0.2) is 24.5 Å². The average Bonchev–Trinajstić information content (AvgIpc) is 2.68. The predicted octanol–water partition coefficient (Wildman–Crippen LogP) is 1.60. The van der Waals surface area contributed by atoms with Crippen molar-refractivity contribution in [1.29, 1.82) is 0 Å². The molecule has 1 saturated carbocycles. The summed E-state index contributed by atoms with van der Waals surface area (Å²) in [5.41, 5.74) is 0. The highest BCUT2D eigenvalue weighted by Gasteiger charge is 2.16. The maximum Gasteiger partial charge on any atom is 0.234 e. The Morgan fingerprint density at radius 1 is 1.53 bits per heavy atom. The molecule has 1 aliphatic rings. The van der Waals surface area contributed by atoms with Gasteiger partial charge in [0.25, 0.3) is 0 Å². The topological polar surface area (TPSA) is 41.1 Å². The van der Waals surface area contributed by atoms with Gasteiger partial charge in [0.05, 0.1) is 6.54 Å². The molecule has 15 heavy (non-hydrogen) atoms. The van der Waals surface area contributed by atoms with Gasteiger partial charge in [0, 0.05) is 12.1 Å². The van der Waals surface area contributed by atoms with Crippen molar-refractivity contribution in [3.05, 3.63) is 12.7 Å². The van der Waals surface area contributed by atoms with E-state index < -0.39 is 0 Å². The molecule has 1 unspecified atom stereocenters. The molecule has 0 aliphatic heterocycles. The van der Waals surface area contributed by atoms with Gasteiger partial charge < -0.3 is 10.6 Å². The molecule has 3 heteroatoms. The zero-order chi connectivity index (χ0) is 11.1. The zero-order valence-electron chi connectivity index (χ0n) is 9.59. The molecule has 1 atom stereocenters. The van der Waals surface area contributed by atoms with E-state index in [1.807, 2.05) is 6.08 Å². The summed E-state index contributed by atoms with van der Waals surface area (Å²) in [4.78, 5) is 11.5. The van der Waals surface area contributed by atoms with Crippen LogP contribution in [0.4, 0.5) is 0 Å². The highest BCUT2D eigenvalue weighted by Crippen LogP contribution is 2.17. The van der Waals surface area contributed by atoms with Gasteiger partial charge in [-0.25, -0.2) is 0 Å². The molecule has 0 radical (unpaired) electrons. The smallest absolute Gasteiger partial charge is 0.234 e. The van der Waals surface area contributed by atoms with Crippen LogP contribution >= 0.6 is 0 Å². The number of carbonyl (C=O) groups excluding carboxylic acids is 1. The van der Waals surface area contributed by atoms with E-state index in [1.165, 1.54) is 12.8 Å². The third-order valence-electron chi connectivity index (χ3n) is 2.85. The van der Waals surface area contributed by atoms with Crippen molar-refractivity contribution in [1.82, 2.24) is 10.6 Å². The second-order valence-electron chi connectivity index (χ2n) is 4.36. The number of carbonyl (C=O) groups is 1. The van der Waals surface area contributed by atoms with Crippen molar-refractivity contribution >= 4 is 5.91 Å². The second kappa shape index (κ2) is 6.62. The normalized spacial score (nSPS) is 18.7. The Balaban J connectivity index is 2.09. The minimum Gasteiger partial charge on any atom is -0.352 e. The Bertz CT molecular complexity index is 210. The molecule has 0 aromatic carbocycles. The minimum atomic E-state index is 0.123. The first-order valence-corrected chi connectivity index (χ1v) is 5.86. The lowest BCUT2D eigenvalue weighted by Crippen LogP contribution is -2.41. The number of nitrogens with one attached hydrogen (secondary N) is 2. The van der Waals surface area contributed by atoms with E-state index in [1.54, 1.807) is 0 Å². The number of hydrogen-bond donors (Lipinski definition) is 2. The van der Waals surface area contributed by atoms with Crippen LogP contribution in [-0.2, 0) is 4.79 Å². The molecular weight excluding hydrogens is 188 g/mol. The Morgan fingerprint density at radius 3 is 2.80 bits per heavy atom. The fourth-order valence-electron chi connectivity index (χ4n) is 1.95. The van der Waals surface area contributed by atoms with Crippen molar-refractivity contribution in [3.8, 4) is 0 Å². The fraction of sp³-hybridized carbons (Fsp3) is 0.750. The first-order chi connectivity index (χ1) is 7.22. The molecule has 3 nitrogen and oxygen atoms in total. The van der Waals surface area contributed by atoms with Crippen LogP contribution in [0.1, 0.15) is 39.0 Å². The van der Waals surface area contributed by atoms with Gasteiger partial charge in [-0.3, -0.25) is 4.79 Å². The number of amides is 1. The summed E-state index contributed by atoms with van der Waals surface area (Å²) in [7, 11) is 0. The molecule has 0 spiro atoms. The Morgan fingerprint density at radius 2 is 2.20 bits per heavy atom. The monoisotopic (exact) mass is 210 g/mol. The minimum absolute atomic E-state index is 0.123. The Labute approximate surface area is 92.3 Å². The molecule has 86 valence electrons. The van der Waals surface area contributed by atoms with Gasteiger partial charge in [0.15, 0.2) is 0 Å². The van der Waals surface area contributed by atoms with E-state index in [9.17, 15) is 4.79 Å². The van der Waals surface area contributed by atoms with Crippen LogP contribution in [0.3, 0.4) is 0 Å². The van der Waals surface area contributed by atoms with Crippen molar-refractivity contribution in [2.24, 2.45) is 0 Å². The quantitative estimate of drug-likeness (QED) is 0.654. The first kappa shape index (κ1) is 12.2. The van der Waals surface area contributed by atoms with E-state index in [0.29, 0.717) is 18.6 Å². The molecule has 0 aromatic rings. The predicted molar refractivity (Wildman–Crippen MR) is 62.7 cm³/mol. The average molecular weight is 210 g/mol. The zero-order valence-corrected chi connectivity index (χ0v) is 9.59. The van der Waals surface area contributed by atoms with E-state index in [2.05, 4.69) is 24.1 Å². The van der Waals surface area contributed by atoms with Crippen LogP contribution in [0.2, 0.25) is 0 Å². The van der Waals surface area contributed by atoms with Gasteiger partial charge in [0.2, 0.25) is 5.91 Å². The van der Waals surface area contributed by atoms with Crippen LogP contribution < -0.4 is 10.6 Å². The maximum absolute atomic E-state index is 11.5. The molecule has 1 aliphatic carbocycles. The molecule has 0 aromatic heterocycles. The fourth-order valence-corrected chi connectivity index (χ4v) is 1.95. The van der Waals surface area contributed by atoms with Crippen LogP contribution in [0.5, 0.6) is 0 Å². The van der Waals surface area contributed by atoms with Crippen molar-refractivity contribution in [2.75, 3.05) is 6.54 Å². The third kappa shape index (κ3) is 4.98. The molecule has 0 heterocycles. The van der Waals surface area contributed by atoms with Gasteiger partial charge in [-0.1, -0.05) is 18.9 Å². The van der Waals surface area contributed by atoms with E-state index >= 15 is 0 Å². The molecule has 1 rings (SSSR count). The Kier molecular flexibility index (Phi) is 5.40. The molecule has 2 N–H and O–H groups in total. The molecular formula is C12H22N2O. The van der Waals surface area contributed by atoms with Crippen molar-refractivity contribution in [3.63, 3.8) is 0 Å². The van der Waals surface area contributed by atoms with E-state index in [0.717, 1.165) is 19.3 Å². The summed E-state index contributed by atoms with van der Waals surface area (Å²) in [6.07, 6.45) is 7.57. The molecule has 1 amide bonds. The summed E-state index contributed by atoms with van der Waals surface area (Å²) in [6.45, 7) is 6.15. The van der Waals surface area contributed by atoms with Gasteiger partial charge in [0.1, 0.15) is 0 Å². The highest BCUT2D eigenvalue weighted by atomic mass is 16.1. The number of rotatable bonds is 6. The standard InChI is InChI=1S/C12H22N2O/c1-3-6-10(2)13-9-12(15)14-11-7-4-5-8-11/h3,10-11,13H,1,4-9H2,2H3,(H,14,15). The van der Waals surface area contributed by atoms with Gasteiger partial charge in [-0.2, -0.15) is 0 Å². The van der Waals surface area contributed by atoms with Gasteiger partial charge in [-0.05, 0) is 26.2 Å². The SMILES string of the molecule is C=CCC(C)NCC(=O)NC1CCCC1. The van der Waals surface area contributed by atoms with E-state index in [4.69, 9.17) is 0 Å². The molecule has 1 fully saturated rings. The summed E-state index contributed by atoms with van der Waals surface area (Å²) >= 11 is 0. The van der Waals surface area contributed by atoms with E-state index in [-0.39, 0.29) is 5.91 Å². The lowest BCUT2D eigenvalue weighted by Gasteiger charge is -2.14. The molecule has 0 saturated heterocycles. The lowest BCUT2D eigenvalue weighted by atomic mass is 10.2. The summed E-state index contributed by atoms with van der Waals surface area (Å²) < 4.78 is 0. The van der Waals surface area contributed by atoms with Crippen LogP contribution in [0, 0.1) is 0 Å². The van der Waals surface area contributed by atoms with Crippen molar-refractivity contribution in [2.45, 2.75) is 51.1 Å². The van der Waals surface area contributed by atoms with Crippen LogP contribution in [0.15, 0.2) is 12.7 Å². The summed E-state index contributed by atoms with van der Waals surface area (Å²) in [5, 5.41) is 6.22. The van der Waals surface area contributed by atoms with Crippen molar-refractivity contribution < 1.29 is 4.79 Å². The summed E-state index contributed by atoms with van der Waals surface area (Å²) in [5.74, 6) is 0.123. The van der Waals surface area contributed by atoms with Gasteiger partial charge in [-0.15, -0.1) is 6.58 Å². The largest absolute Gasteiger partial charge is 0.352 e. The molecule has 0 bridgehead atoms. The third-order valence-corrected chi connectivity index (χ3v) is 2.85. The second-order valence-corrected chi connectivity index (χ2v) is 4.36. The number of hydrogen-bond acceptors (Lipinski definition) is 2. The van der Waals surface area contributed by atoms with Gasteiger partial charge >= 0.3 is 0 Å². The Hall–Kier alpha value is -0.830. The summed E-state index contributed by atoms with van der Waals surface area (Å²) in [6, 6.07) is 0.755. The maximum atomic E-state index is 11.5. The highest BCUT2D eigenvalue weighted by molar-refractivity contribution is 5.78. The lowest BCUT2D eigenvalue weighted by molar-refractivity contribution is -0.121.